The van der Waals surface area contributed by atoms with Crippen molar-refractivity contribution >= 4 is 15.8 Å². The standard InChI is InChI=1S/C14H21N3O3S/c1-2-7-15-14-13(4-3-8-16-14)21(18,19)17-9-11-5-6-12(10-17)20-11/h3-4,8,11-12H,2,5-7,9-10H2,1H3,(H,15,16). The van der Waals surface area contributed by atoms with E-state index in [0.29, 0.717) is 25.5 Å². The topological polar surface area (TPSA) is 71.5 Å². The number of fused-ring (bicyclic) bond motifs is 2. The molecule has 1 aromatic rings. The second-order valence-electron chi connectivity index (χ2n) is 5.56. The number of nitrogens with zero attached hydrogens (tertiary/aromatic N) is 2. The maximum Gasteiger partial charge on any atom is 0.246 e. The minimum Gasteiger partial charge on any atom is -0.372 e. The van der Waals surface area contributed by atoms with E-state index < -0.39 is 10.0 Å². The van der Waals surface area contributed by atoms with Crippen LogP contribution < -0.4 is 5.32 Å². The van der Waals surface area contributed by atoms with Gasteiger partial charge in [-0.3, -0.25) is 0 Å². The van der Waals surface area contributed by atoms with Crippen LogP contribution in [0.1, 0.15) is 26.2 Å². The molecule has 1 aromatic heterocycles. The van der Waals surface area contributed by atoms with Crippen molar-refractivity contribution in [1.29, 1.82) is 0 Å². The van der Waals surface area contributed by atoms with Crippen LogP contribution in [0.5, 0.6) is 0 Å². The summed E-state index contributed by atoms with van der Waals surface area (Å²) in [5.74, 6) is 0.443. The lowest BCUT2D eigenvalue weighted by molar-refractivity contribution is -0.0114. The fourth-order valence-electron chi connectivity index (χ4n) is 2.89. The second-order valence-corrected chi connectivity index (χ2v) is 7.46. The molecule has 2 atom stereocenters. The molecule has 2 aliphatic heterocycles. The molecule has 0 aliphatic carbocycles. The van der Waals surface area contributed by atoms with Crippen LogP contribution in [-0.2, 0) is 14.8 Å². The van der Waals surface area contributed by atoms with Gasteiger partial charge < -0.3 is 10.1 Å². The van der Waals surface area contributed by atoms with Crippen LogP contribution >= 0.6 is 0 Å². The van der Waals surface area contributed by atoms with Crippen molar-refractivity contribution in [3.63, 3.8) is 0 Å². The minimum atomic E-state index is -3.52. The first-order valence-electron chi connectivity index (χ1n) is 7.45. The molecule has 2 unspecified atom stereocenters. The van der Waals surface area contributed by atoms with Crippen molar-refractivity contribution in [3.8, 4) is 0 Å². The van der Waals surface area contributed by atoms with Gasteiger partial charge >= 0.3 is 0 Å². The predicted molar refractivity (Wildman–Crippen MR) is 79.7 cm³/mol. The smallest absolute Gasteiger partial charge is 0.246 e. The fourth-order valence-corrected chi connectivity index (χ4v) is 4.51. The average molecular weight is 311 g/mol. The third-order valence-corrected chi connectivity index (χ3v) is 5.80. The van der Waals surface area contributed by atoms with Gasteiger partial charge in [-0.15, -0.1) is 0 Å². The summed E-state index contributed by atoms with van der Waals surface area (Å²) in [6.45, 7) is 3.62. The first-order chi connectivity index (χ1) is 10.1. The summed E-state index contributed by atoms with van der Waals surface area (Å²) in [6.07, 6.45) is 4.51. The third-order valence-electron chi connectivity index (χ3n) is 3.94. The Kier molecular flexibility index (Phi) is 4.14. The molecular weight excluding hydrogens is 290 g/mol. The summed E-state index contributed by atoms with van der Waals surface area (Å²) in [7, 11) is -3.52. The summed E-state index contributed by atoms with van der Waals surface area (Å²) < 4.78 is 33.0. The lowest BCUT2D eigenvalue weighted by Crippen LogP contribution is -2.45. The van der Waals surface area contributed by atoms with Gasteiger partial charge in [0.1, 0.15) is 10.7 Å². The number of morpholine rings is 1. The number of hydrogen-bond acceptors (Lipinski definition) is 5. The molecule has 116 valence electrons. The van der Waals surface area contributed by atoms with Crippen LogP contribution in [0.3, 0.4) is 0 Å². The zero-order valence-electron chi connectivity index (χ0n) is 12.2. The van der Waals surface area contributed by atoms with Crippen LogP contribution in [0.25, 0.3) is 0 Å². The minimum absolute atomic E-state index is 0.0437. The zero-order chi connectivity index (χ0) is 14.9. The van der Waals surface area contributed by atoms with E-state index in [0.717, 1.165) is 19.3 Å². The number of aromatic nitrogens is 1. The molecule has 7 heteroatoms. The van der Waals surface area contributed by atoms with Gasteiger partial charge in [0.05, 0.1) is 12.2 Å². The molecule has 0 spiro atoms. The Morgan fingerprint density at radius 2 is 2.10 bits per heavy atom. The molecular formula is C14H21N3O3S. The van der Waals surface area contributed by atoms with Crippen LogP contribution in [-0.4, -0.2) is 49.5 Å². The van der Waals surface area contributed by atoms with E-state index >= 15 is 0 Å². The van der Waals surface area contributed by atoms with E-state index in [1.807, 2.05) is 6.92 Å². The Morgan fingerprint density at radius 1 is 1.38 bits per heavy atom. The lowest BCUT2D eigenvalue weighted by atomic mass is 10.2. The number of sulfonamides is 1. The second kappa shape index (κ2) is 5.90. The summed E-state index contributed by atoms with van der Waals surface area (Å²) >= 11 is 0. The van der Waals surface area contributed by atoms with Gasteiger partial charge in [-0.1, -0.05) is 6.92 Å². The van der Waals surface area contributed by atoms with E-state index in [1.165, 1.54) is 0 Å². The Bertz CT molecular complexity index is 593. The van der Waals surface area contributed by atoms with Gasteiger partial charge in [-0.05, 0) is 31.4 Å². The highest BCUT2D eigenvalue weighted by atomic mass is 32.2. The quantitative estimate of drug-likeness (QED) is 0.891. The van der Waals surface area contributed by atoms with E-state index in [2.05, 4.69) is 10.3 Å². The molecule has 3 heterocycles. The molecule has 2 bridgehead atoms. The maximum atomic E-state index is 12.9. The van der Waals surface area contributed by atoms with Crippen molar-refractivity contribution in [2.75, 3.05) is 25.0 Å². The number of anilines is 1. The predicted octanol–water partition coefficient (Wildman–Crippen LogP) is 1.46. The Balaban J connectivity index is 1.88. The summed E-state index contributed by atoms with van der Waals surface area (Å²) in [5.41, 5.74) is 0. The van der Waals surface area contributed by atoms with Crippen molar-refractivity contribution in [2.24, 2.45) is 0 Å². The highest BCUT2D eigenvalue weighted by molar-refractivity contribution is 7.89. The van der Waals surface area contributed by atoms with Gasteiger partial charge in [0.15, 0.2) is 0 Å². The first kappa shape index (κ1) is 14.7. The van der Waals surface area contributed by atoms with Crippen LogP contribution in [0, 0.1) is 0 Å². The molecule has 21 heavy (non-hydrogen) atoms. The molecule has 0 radical (unpaired) electrons. The Morgan fingerprint density at radius 3 is 2.76 bits per heavy atom. The van der Waals surface area contributed by atoms with Crippen LogP contribution in [0.4, 0.5) is 5.82 Å². The van der Waals surface area contributed by atoms with Crippen molar-refractivity contribution < 1.29 is 13.2 Å². The molecule has 2 aliphatic rings. The van der Waals surface area contributed by atoms with E-state index in [1.54, 1.807) is 22.6 Å². The first-order valence-corrected chi connectivity index (χ1v) is 8.89. The average Bonchev–Trinajstić information content (AvgIpc) is 2.83. The summed E-state index contributed by atoms with van der Waals surface area (Å²) in [5, 5.41) is 3.10. The third kappa shape index (κ3) is 2.90. The van der Waals surface area contributed by atoms with Crippen molar-refractivity contribution in [1.82, 2.24) is 9.29 Å². The summed E-state index contributed by atoms with van der Waals surface area (Å²) in [6, 6.07) is 3.29. The van der Waals surface area contributed by atoms with Gasteiger partial charge in [-0.2, -0.15) is 4.31 Å². The van der Waals surface area contributed by atoms with E-state index in [9.17, 15) is 8.42 Å². The maximum absolute atomic E-state index is 12.9. The fraction of sp³-hybridized carbons (Fsp3) is 0.643. The molecule has 6 nitrogen and oxygen atoms in total. The SMILES string of the molecule is CCCNc1ncccc1S(=O)(=O)N1CC2CCC(C1)O2. The van der Waals surface area contributed by atoms with E-state index in [4.69, 9.17) is 4.74 Å². The van der Waals surface area contributed by atoms with Gasteiger partial charge in [0, 0.05) is 25.8 Å². The normalized spacial score (nSPS) is 26.0. The summed E-state index contributed by atoms with van der Waals surface area (Å²) in [4.78, 5) is 4.45. The molecule has 0 aromatic carbocycles. The van der Waals surface area contributed by atoms with Gasteiger partial charge in [0.25, 0.3) is 0 Å². The van der Waals surface area contributed by atoms with Crippen LogP contribution in [0.2, 0.25) is 0 Å². The molecule has 0 saturated carbocycles. The molecule has 3 rings (SSSR count). The van der Waals surface area contributed by atoms with Crippen LogP contribution in [0.15, 0.2) is 23.2 Å². The number of rotatable bonds is 5. The zero-order valence-corrected chi connectivity index (χ0v) is 13.0. The molecule has 2 fully saturated rings. The van der Waals surface area contributed by atoms with Crippen molar-refractivity contribution in [3.05, 3.63) is 18.3 Å². The largest absolute Gasteiger partial charge is 0.372 e. The van der Waals surface area contributed by atoms with Crippen molar-refractivity contribution in [2.45, 2.75) is 43.3 Å². The molecule has 1 N–H and O–H groups in total. The highest BCUT2D eigenvalue weighted by Crippen LogP contribution is 2.31. The Hall–Kier alpha value is -1.18. The number of hydrogen-bond donors (Lipinski definition) is 1. The molecule has 2 saturated heterocycles. The van der Waals surface area contributed by atoms with Gasteiger partial charge in [-0.25, -0.2) is 13.4 Å². The number of ether oxygens (including phenoxy) is 1. The number of pyridine rings is 1. The van der Waals surface area contributed by atoms with Gasteiger partial charge in [0.2, 0.25) is 10.0 Å². The van der Waals surface area contributed by atoms with E-state index in [-0.39, 0.29) is 17.1 Å². The Labute approximate surface area is 125 Å². The molecule has 0 amide bonds. The number of nitrogens with one attached hydrogen (secondary N) is 1. The highest BCUT2D eigenvalue weighted by Gasteiger charge is 2.40. The lowest BCUT2D eigenvalue weighted by Gasteiger charge is -2.31. The monoisotopic (exact) mass is 311 g/mol.